The molecule has 0 spiro atoms. The Balaban J connectivity index is 2.30. The van der Waals surface area contributed by atoms with Crippen LogP contribution in [0, 0.1) is 0 Å². The molecule has 98 valence electrons. The maximum atomic E-state index is 12.2. The van der Waals surface area contributed by atoms with Crippen LogP contribution in [-0.4, -0.2) is 43.5 Å². The van der Waals surface area contributed by atoms with E-state index >= 15 is 0 Å². The molecular formula is C13H18ClN3O. The molecule has 1 aliphatic rings. The second-order valence-corrected chi connectivity index (χ2v) is 4.90. The molecule has 1 atom stereocenters. The van der Waals surface area contributed by atoms with Gasteiger partial charge in [-0.05, 0) is 25.1 Å². The van der Waals surface area contributed by atoms with Crippen molar-refractivity contribution in [3.63, 3.8) is 0 Å². The van der Waals surface area contributed by atoms with E-state index in [1.165, 1.54) is 0 Å². The van der Waals surface area contributed by atoms with Gasteiger partial charge in [0.05, 0.1) is 10.7 Å². The fourth-order valence-corrected chi connectivity index (χ4v) is 2.57. The Labute approximate surface area is 112 Å². The van der Waals surface area contributed by atoms with Gasteiger partial charge in [0.25, 0.3) is 0 Å². The summed E-state index contributed by atoms with van der Waals surface area (Å²) >= 11 is 6.21. The minimum absolute atomic E-state index is 0.117. The number of carbonyl (C=O) groups is 1. The van der Waals surface area contributed by atoms with Crippen molar-refractivity contribution in [1.29, 1.82) is 0 Å². The topological polar surface area (TPSA) is 49.6 Å². The molecule has 18 heavy (non-hydrogen) atoms. The SMILES string of the molecule is CN1CCN(c2ccccc2Cl)C(CCN)C1=O. The van der Waals surface area contributed by atoms with Gasteiger partial charge >= 0.3 is 0 Å². The minimum Gasteiger partial charge on any atom is -0.356 e. The second kappa shape index (κ2) is 5.59. The molecular weight excluding hydrogens is 250 g/mol. The number of carbonyl (C=O) groups excluding carboxylic acids is 1. The number of para-hydroxylation sites is 1. The van der Waals surface area contributed by atoms with Crippen LogP contribution < -0.4 is 10.6 Å². The van der Waals surface area contributed by atoms with Crippen molar-refractivity contribution in [1.82, 2.24) is 4.90 Å². The van der Waals surface area contributed by atoms with Gasteiger partial charge in [0.15, 0.2) is 0 Å². The van der Waals surface area contributed by atoms with Crippen molar-refractivity contribution < 1.29 is 4.79 Å². The van der Waals surface area contributed by atoms with Gasteiger partial charge in [0, 0.05) is 20.1 Å². The van der Waals surface area contributed by atoms with Crippen molar-refractivity contribution in [2.45, 2.75) is 12.5 Å². The third-order valence-electron chi connectivity index (χ3n) is 3.32. The summed E-state index contributed by atoms with van der Waals surface area (Å²) in [6.07, 6.45) is 0.647. The minimum atomic E-state index is -0.200. The van der Waals surface area contributed by atoms with E-state index in [1.54, 1.807) is 4.90 Å². The summed E-state index contributed by atoms with van der Waals surface area (Å²) in [5.74, 6) is 0.117. The normalized spacial score (nSPS) is 20.4. The average molecular weight is 268 g/mol. The first kappa shape index (κ1) is 13.2. The summed E-state index contributed by atoms with van der Waals surface area (Å²) in [6, 6.07) is 7.42. The number of piperazine rings is 1. The molecule has 2 rings (SSSR count). The van der Waals surface area contributed by atoms with E-state index in [1.807, 2.05) is 31.3 Å². The Hall–Kier alpha value is -1.26. The highest BCUT2D eigenvalue weighted by Crippen LogP contribution is 2.29. The molecule has 2 N–H and O–H groups in total. The predicted octanol–water partition coefficient (Wildman–Crippen LogP) is 1.34. The van der Waals surface area contributed by atoms with E-state index in [4.69, 9.17) is 17.3 Å². The summed E-state index contributed by atoms with van der Waals surface area (Å²) in [7, 11) is 1.83. The van der Waals surface area contributed by atoms with Gasteiger partial charge in [0.2, 0.25) is 5.91 Å². The quantitative estimate of drug-likeness (QED) is 0.899. The summed E-state index contributed by atoms with van der Waals surface area (Å²) in [6.45, 7) is 1.99. The summed E-state index contributed by atoms with van der Waals surface area (Å²) < 4.78 is 0. The Kier molecular flexibility index (Phi) is 4.09. The van der Waals surface area contributed by atoms with E-state index in [2.05, 4.69) is 4.90 Å². The molecule has 1 aromatic carbocycles. The number of benzene rings is 1. The number of nitrogens with two attached hydrogens (primary N) is 1. The summed E-state index contributed by atoms with van der Waals surface area (Å²) in [4.78, 5) is 16.0. The largest absolute Gasteiger partial charge is 0.356 e. The maximum absolute atomic E-state index is 12.2. The standard InChI is InChI=1S/C13H18ClN3O/c1-16-8-9-17(12(6-7-15)13(16)18)11-5-3-2-4-10(11)14/h2-5,12H,6-9,15H2,1H3. The van der Waals surface area contributed by atoms with Crippen LogP contribution in [0.15, 0.2) is 24.3 Å². The third-order valence-corrected chi connectivity index (χ3v) is 3.64. The molecule has 0 bridgehead atoms. The van der Waals surface area contributed by atoms with Gasteiger partial charge in [-0.25, -0.2) is 0 Å². The van der Waals surface area contributed by atoms with Gasteiger partial charge in [-0.15, -0.1) is 0 Å². The summed E-state index contributed by atoms with van der Waals surface area (Å²) in [5.41, 5.74) is 6.53. The fourth-order valence-electron chi connectivity index (χ4n) is 2.32. The smallest absolute Gasteiger partial charge is 0.245 e. The molecule has 0 radical (unpaired) electrons. The van der Waals surface area contributed by atoms with Crippen molar-refractivity contribution in [2.75, 3.05) is 31.6 Å². The second-order valence-electron chi connectivity index (χ2n) is 4.50. The lowest BCUT2D eigenvalue weighted by molar-refractivity contribution is -0.133. The monoisotopic (exact) mass is 267 g/mol. The zero-order valence-corrected chi connectivity index (χ0v) is 11.2. The number of amides is 1. The highest BCUT2D eigenvalue weighted by Gasteiger charge is 2.33. The lowest BCUT2D eigenvalue weighted by Crippen LogP contribution is -2.56. The molecule has 1 fully saturated rings. The van der Waals surface area contributed by atoms with Gasteiger partial charge < -0.3 is 15.5 Å². The molecule has 1 unspecified atom stereocenters. The van der Waals surface area contributed by atoms with Crippen LogP contribution in [0.3, 0.4) is 0 Å². The molecule has 4 nitrogen and oxygen atoms in total. The Bertz CT molecular complexity index is 438. The van der Waals surface area contributed by atoms with Gasteiger partial charge in [-0.2, -0.15) is 0 Å². The summed E-state index contributed by atoms with van der Waals surface area (Å²) in [5, 5.41) is 0.678. The average Bonchev–Trinajstić information content (AvgIpc) is 2.37. The molecule has 1 aromatic rings. The van der Waals surface area contributed by atoms with Crippen LogP contribution in [0.25, 0.3) is 0 Å². The first-order valence-corrected chi connectivity index (χ1v) is 6.49. The number of hydrogen-bond acceptors (Lipinski definition) is 3. The van der Waals surface area contributed by atoms with Crippen molar-refractivity contribution in [2.24, 2.45) is 5.73 Å². The fraction of sp³-hybridized carbons (Fsp3) is 0.462. The number of likely N-dealkylation sites (N-methyl/N-ethyl adjacent to an activating group) is 1. The van der Waals surface area contributed by atoms with E-state index in [-0.39, 0.29) is 11.9 Å². The predicted molar refractivity (Wildman–Crippen MR) is 73.9 cm³/mol. The number of nitrogens with zero attached hydrogens (tertiary/aromatic N) is 2. The van der Waals surface area contributed by atoms with Crippen LogP contribution in [0.2, 0.25) is 5.02 Å². The first-order valence-electron chi connectivity index (χ1n) is 6.11. The van der Waals surface area contributed by atoms with Crippen molar-refractivity contribution >= 4 is 23.2 Å². The number of hydrogen-bond donors (Lipinski definition) is 1. The molecule has 0 saturated carbocycles. The molecule has 1 amide bonds. The highest BCUT2D eigenvalue weighted by atomic mass is 35.5. The first-order chi connectivity index (χ1) is 8.65. The Morgan fingerprint density at radius 2 is 2.11 bits per heavy atom. The molecule has 1 aliphatic heterocycles. The van der Waals surface area contributed by atoms with Crippen molar-refractivity contribution in [3.8, 4) is 0 Å². The lowest BCUT2D eigenvalue weighted by Gasteiger charge is -2.40. The molecule has 1 heterocycles. The molecule has 5 heteroatoms. The van der Waals surface area contributed by atoms with Crippen LogP contribution in [-0.2, 0) is 4.79 Å². The van der Waals surface area contributed by atoms with Gasteiger partial charge in [-0.3, -0.25) is 4.79 Å². The van der Waals surface area contributed by atoms with E-state index in [9.17, 15) is 4.79 Å². The van der Waals surface area contributed by atoms with Crippen molar-refractivity contribution in [3.05, 3.63) is 29.3 Å². The molecule has 0 aliphatic carbocycles. The maximum Gasteiger partial charge on any atom is 0.245 e. The molecule has 1 saturated heterocycles. The Morgan fingerprint density at radius 3 is 2.78 bits per heavy atom. The van der Waals surface area contributed by atoms with E-state index in [0.717, 1.165) is 12.2 Å². The van der Waals surface area contributed by atoms with Crippen LogP contribution in [0.4, 0.5) is 5.69 Å². The third kappa shape index (κ3) is 2.44. The van der Waals surface area contributed by atoms with Crippen LogP contribution in [0.5, 0.6) is 0 Å². The molecule has 0 aromatic heterocycles. The highest BCUT2D eigenvalue weighted by molar-refractivity contribution is 6.33. The number of halogens is 1. The lowest BCUT2D eigenvalue weighted by atomic mass is 10.1. The van der Waals surface area contributed by atoms with E-state index < -0.39 is 0 Å². The number of anilines is 1. The zero-order chi connectivity index (χ0) is 13.1. The number of rotatable bonds is 3. The van der Waals surface area contributed by atoms with Crippen LogP contribution >= 0.6 is 11.6 Å². The Morgan fingerprint density at radius 1 is 1.39 bits per heavy atom. The van der Waals surface area contributed by atoms with Gasteiger partial charge in [-0.1, -0.05) is 23.7 Å². The van der Waals surface area contributed by atoms with Gasteiger partial charge in [0.1, 0.15) is 6.04 Å². The zero-order valence-electron chi connectivity index (χ0n) is 10.5. The van der Waals surface area contributed by atoms with E-state index in [0.29, 0.717) is 24.5 Å². The van der Waals surface area contributed by atoms with Crippen LogP contribution in [0.1, 0.15) is 6.42 Å².